The zero-order valence-electron chi connectivity index (χ0n) is 12.8. The molecular weight excluding hydrogens is 330 g/mol. The smallest absolute Gasteiger partial charge is 0.337 e. The molecule has 1 heterocycles. The van der Waals surface area contributed by atoms with E-state index in [0.717, 1.165) is 16.8 Å². The monoisotopic (exact) mass is 343 g/mol. The second kappa shape index (κ2) is 6.33. The van der Waals surface area contributed by atoms with Crippen LogP contribution in [0.5, 0.6) is 0 Å². The number of aromatic carboxylic acids is 1. The normalized spacial score (nSPS) is 13.4. The van der Waals surface area contributed by atoms with Crippen molar-refractivity contribution in [1.29, 1.82) is 0 Å². The number of nitrogens with one attached hydrogen (secondary N) is 2. The lowest BCUT2D eigenvalue weighted by molar-refractivity contribution is -0.115. The van der Waals surface area contributed by atoms with Crippen molar-refractivity contribution in [3.8, 4) is 0 Å². The van der Waals surface area contributed by atoms with Crippen LogP contribution >= 0.6 is 11.6 Å². The van der Waals surface area contributed by atoms with Crippen molar-refractivity contribution in [1.82, 2.24) is 0 Å². The maximum absolute atomic E-state index is 11.4. The molecule has 7 heteroatoms. The van der Waals surface area contributed by atoms with Gasteiger partial charge in [-0.15, -0.1) is 0 Å². The Morgan fingerprint density at radius 3 is 2.83 bits per heavy atom. The van der Waals surface area contributed by atoms with Gasteiger partial charge in [-0.25, -0.2) is 4.79 Å². The summed E-state index contributed by atoms with van der Waals surface area (Å²) in [7, 11) is 0. The van der Waals surface area contributed by atoms with Crippen LogP contribution in [0, 0.1) is 0 Å². The standard InChI is InChI=1S/C17H14ClN3O3/c1-9(10-2-5-15-11(6-10)7-16(22)19-15)20-21-12-3-4-14(18)13(8-12)17(23)24/h2-6,8,21H,7H2,1H3,(H,19,22)(H,23,24)/b20-9-. The van der Waals surface area contributed by atoms with E-state index in [4.69, 9.17) is 16.7 Å². The first-order chi connectivity index (χ1) is 11.4. The molecule has 0 unspecified atom stereocenters. The van der Waals surface area contributed by atoms with Crippen LogP contribution in [0.15, 0.2) is 41.5 Å². The lowest BCUT2D eigenvalue weighted by Crippen LogP contribution is -2.03. The van der Waals surface area contributed by atoms with Gasteiger partial charge in [0.15, 0.2) is 0 Å². The molecule has 0 radical (unpaired) electrons. The van der Waals surface area contributed by atoms with Crippen molar-refractivity contribution < 1.29 is 14.7 Å². The second-order valence-corrected chi connectivity index (χ2v) is 5.81. The van der Waals surface area contributed by atoms with Crippen molar-refractivity contribution in [3.05, 3.63) is 58.1 Å². The van der Waals surface area contributed by atoms with E-state index >= 15 is 0 Å². The van der Waals surface area contributed by atoms with Gasteiger partial charge in [0.25, 0.3) is 0 Å². The largest absolute Gasteiger partial charge is 0.478 e. The predicted molar refractivity (Wildman–Crippen MR) is 93.0 cm³/mol. The first-order valence-corrected chi connectivity index (χ1v) is 7.58. The van der Waals surface area contributed by atoms with E-state index in [2.05, 4.69) is 15.8 Å². The zero-order valence-corrected chi connectivity index (χ0v) is 13.5. The van der Waals surface area contributed by atoms with Gasteiger partial charge in [0.1, 0.15) is 0 Å². The number of amides is 1. The second-order valence-electron chi connectivity index (χ2n) is 5.41. The summed E-state index contributed by atoms with van der Waals surface area (Å²) < 4.78 is 0. The van der Waals surface area contributed by atoms with Crippen molar-refractivity contribution in [3.63, 3.8) is 0 Å². The van der Waals surface area contributed by atoms with Gasteiger partial charge < -0.3 is 10.4 Å². The molecule has 0 spiro atoms. The molecule has 3 N–H and O–H groups in total. The average molecular weight is 344 g/mol. The zero-order chi connectivity index (χ0) is 17.3. The highest BCUT2D eigenvalue weighted by Crippen LogP contribution is 2.24. The van der Waals surface area contributed by atoms with Gasteiger partial charge >= 0.3 is 5.97 Å². The Morgan fingerprint density at radius 1 is 1.29 bits per heavy atom. The van der Waals surface area contributed by atoms with Crippen molar-refractivity contribution in [2.24, 2.45) is 5.10 Å². The molecule has 1 aliphatic heterocycles. The number of anilines is 2. The Bertz CT molecular complexity index is 877. The molecule has 0 atom stereocenters. The molecule has 3 rings (SSSR count). The van der Waals surface area contributed by atoms with E-state index in [1.165, 1.54) is 12.1 Å². The molecule has 0 aromatic heterocycles. The average Bonchev–Trinajstić information content (AvgIpc) is 2.92. The molecule has 1 aliphatic rings. The number of carbonyl (C=O) groups excluding carboxylic acids is 1. The molecule has 0 aliphatic carbocycles. The summed E-state index contributed by atoms with van der Waals surface area (Å²) in [5.41, 5.74) is 6.71. The van der Waals surface area contributed by atoms with E-state index in [9.17, 15) is 9.59 Å². The van der Waals surface area contributed by atoms with E-state index in [1.54, 1.807) is 6.07 Å². The molecule has 0 bridgehead atoms. The first kappa shape index (κ1) is 16.0. The summed E-state index contributed by atoms with van der Waals surface area (Å²) in [5.74, 6) is -1.11. The number of fused-ring (bicyclic) bond motifs is 1. The minimum atomic E-state index is -1.10. The van der Waals surface area contributed by atoms with Gasteiger partial charge in [0.05, 0.1) is 28.4 Å². The molecular formula is C17H14ClN3O3. The Morgan fingerprint density at radius 2 is 2.08 bits per heavy atom. The number of carbonyl (C=O) groups is 2. The molecule has 122 valence electrons. The summed E-state index contributed by atoms with van der Waals surface area (Å²) >= 11 is 5.84. The summed E-state index contributed by atoms with van der Waals surface area (Å²) in [5, 5.41) is 16.3. The van der Waals surface area contributed by atoms with Gasteiger partial charge in [0, 0.05) is 5.69 Å². The number of hydrazone groups is 1. The van der Waals surface area contributed by atoms with Crippen LogP contribution in [0.4, 0.5) is 11.4 Å². The molecule has 0 fully saturated rings. The number of benzene rings is 2. The minimum absolute atomic E-state index is 0.0108. The number of nitrogens with zero attached hydrogens (tertiary/aromatic N) is 1. The van der Waals surface area contributed by atoms with Crippen LogP contribution in [0.3, 0.4) is 0 Å². The van der Waals surface area contributed by atoms with Crippen LogP contribution < -0.4 is 10.7 Å². The maximum atomic E-state index is 11.4. The predicted octanol–water partition coefficient (Wildman–Crippen LogP) is 3.37. The van der Waals surface area contributed by atoms with E-state index < -0.39 is 5.97 Å². The molecule has 24 heavy (non-hydrogen) atoms. The quantitative estimate of drug-likeness (QED) is 0.586. The van der Waals surface area contributed by atoms with Crippen LogP contribution in [-0.2, 0) is 11.2 Å². The first-order valence-electron chi connectivity index (χ1n) is 7.20. The summed E-state index contributed by atoms with van der Waals surface area (Å²) in [6, 6.07) is 10.2. The molecule has 1 amide bonds. The Kier molecular flexibility index (Phi) is 4.22. The third-order valence-corrected chi connectivity index (χ3v) is 4.03. The highest BCUT2D eigenvalue weighted by Gasteiger charge is 2.17. The molecule has 2 aromatic carbocycles. The fraction of sp³-hybridized carbons (Fsp3) is 0.118. The highest BCUT2D eigenvalue weighted by molar-refractivity contribution is 6.33. The summed E-state index contributed by atoms with van der Waals surface area (Å²) in [4.78, 5) is 22.5. The SMILES string of the molecule is C/C(=N/Nc1ccc(Cl)c(C(=O)O)c1)c1ccc2c(c1)CC(=O)N2. The fourth-order valence-corrected chi connectivity index (χ4v) is 2.62. The Balaban J connectivity index is 1.80. The maximum Gasteiger partial charge on any atom is 0.337 e. The van der Waals surface area contributed by atoms with Crippen molar-refractivity contribution >= 4 is 40.6 Å². The van der Waals surface area contributed by atoms with Gasteiger partial charge in [0.2, 0.25) is 5.91 Å². The highest BCUT2D eigenvalue weighted by atomic mass is 35.5. The van der Waals surface area contributed by atoms with Gasteiger partial charge in [-0.05, 0) is 48.4 Å². The molecule has 0 saturated carbocycles. The fourth-order valence-electron chi connectivity index (χ4n) is 2.43. The van der Waals surface area contributed by atoms with E-state index in [0.29, 0.717) is 17.8 Å². The Hall–Kier alpha value is -2.86. The van der Waals surface area contributed by atoms with Crippen molar-refractivity contribution in [2.45, 2.75) is 13.3 Å². The summed E-state index contributed by atoms with van der Waals surface area (Å²) in [6.07, 6.45) is 0.364. The third kappa shape index (κ3) is 3.23. The van der Waals surface area contributed by atoms with Crippen LogP contribution in [0.25, 0.3) is 0 Å². The minimum Gasteiger partial charge on any atom is -0.478 e. The van der Waals surface area contributed by atoms with Crippen molar-refractivity contribution in [2.75, 3.05) is 10.7 Å². The van der Waals surface area contributed by atoms with Gasteiger partial charge in [-0.3, -0.25) is 10.2 Å². The number of halogens is 1. The number of carboxylic acids is 1. The molecule has 0 saturated heterocycles. The number of rotatable bonds is 4. The molecule has 2 aromatic rings. The lowest BCUT2D eigenvalue weighted by atomic mass is 10.1. The number of carboxylic acid groups (broad SMARTS) is 1. The topological polar surface area (TPSA) is 90.8 Å². The van der Waals surface area contributed by atoms with Crippen LogP contribution in [0.2, 0.25) is 5.02 Å². The third-order valence-electron chi connectivity index (χ3n) is 3.70. The van der Waals surface area contributed by atoms with Crippen LogP contribution in [0.1, 0.15) is 28.4 Å². The number of hydrogen-bond acceptors (Lipinski definition) is 4. The lowest BCUT2D eigenvalue weighted by Gasteiger charge is -2.07. The van der Waals surface area contributed by atoms with Gasteiger partial charge in [-0.1, -0.05) is 17.7 Å². The molecule has 6 nitrogen and oxygen atoms in total. The van der Waals surface area contributed by atoms with E-state index in [-0.39, 0.29) is 16.5 Å². The van der Waals surface area contributed by atoms with Crippen LogP contribution in [-0.4, -0.2) is 22.7 Å². The number of hydrogen-bond donors (Lipinski definition) is 3. The Labute approximate surface area is 143 Å². The van der Waals surface area contributed by atoms with E-state index in [1.807, 2.05) is 25.1 Å². The summed E-state index contributed by atoms with van der Waals surface area (Å²) in [6.45, 7) is 1.83. The van der Waals surface area contributed by atoms with Gasteiger partial charge in [-0.2, -0.15) is 5.10 Å².